The van der Waals surface area contributed by atoms with Gasteiger partial charge in [-0.2, -0.15) is 0 Å². The molecular weight excluding hydrogens is 326 g/mol. The Balaban J connectivity index is 1.77. The molecule has 1 aliphatic heterocycles. The van der Waals surface area contributed by atoms with Gasteiger partial charge < -0.3 is 10.6 Å². The van der Waals surface area contributed by atoms with Gasteiger partial charge >= 0.3 is 6.03 Å². The predicted octanol–water partition coefficient (Wildman–Crippen LogP) is 0.660. The fourth-order valence-electron chi connectivity index (χ4n) is 1.87. The number of nitrogens with one attached hydrogen (secondary N) is 2. The quantitative estimate of drug-likeness (QED) is 0.773. The third-order valence-corrected chi connectivity index (χ3v) is 3.68. The first kappa shape index (κ1) is 14.5. The van der Waals surface area contributed by atoms with E-state index >= 15 is 0 Å². The number of carbonyl (C=O) groups excluding carboxylic acids is 3. The molecule has 0 spiro atoms. The van der Waals surface area contributed by atoms with Crippen LogP contribution < -0.4 is 10.6 Å². The molecule has 1 heterocycles. The van der Waals surface area contributed by atoms with Gasteiger partial charge in [-0.1, -0.05) is 34.1 Å². The number of halogens is 1. The zero-order valence-corrected chi connectivity index (χ0v) is 12.3. The van der Waals surface area contributed by atoms with Gasteiger partial charge in [-0.05, 0) is 11.6 Å². The van der Waals surface area contributed by atoms with Gasteiger partial charge in [0.2, 0.25) is 11.8 Å². The third kappa shape index (κ3) is 3.57. The lowest BCUT2D eigenvalue weighted by Crippen LogP contribution is -2.39. The number of hydrogen-bond acceptors (Lipinski definition) is 3. The van der Waals surface area contributed by atoms with Crippen molar-refractivity contribution in [2.75, 3.05) is 19.6 Å². The normalized spacial score (nSPS) is 14.3. The zero-order chi connectivity index (χ0) is 14.5. The van der Waals surface area contributed by atoms with E-state index in [-0.39, 0.29) is 37.9 Å². The van der Waals surface area contributed by atoms with Gasteiger partial charge in [0.1, 0.15) is 0 Å². The number of hydrogen-bond donors (Lipinski definition) is 2. The highest BCUT2D eigenvalue weighted by molar-refractivity contribution is 9.10. The Morgan fingerprint density at radius 1 is 1.35 bits per heavy atom. The summed E-state index contributed by atoms with van der Waals surface area (Å²) in [6.07, 6.45) is 0.252. The highest BCUT2D eigenvalue weighted by Gasteiger charge is 2.27. The van der Waals surface area contributed by atoms with Gasteiger partial charge in [-0.25, -0.2) is 4.79 Å². The maximum absolute atomic E-state index is 11.8. The van der Waals surface area contributed by atoms with E-state index in [1.54, 1.807) is 0 Å². The molecule has 0 saturated carbocycles. The largest absolute Gasteiger partial charge is 0.354 e. The summed E-state index contributed by atoms with van der Waals surface area (Å²) in [4.78, 5) is 35.5. The van der Waals surface area contributed by atoms with Crippen LogP contribution >= 0.6 is 15.9 Å². The summed E-state index contributed by atoms with van der Waals surface area (Å²) in [6, 6.07) is 7.07. The van der Waals surface area contributed by atoms with Crippen molar-refractivity contribution >= 4 is 33.8 Å². The van der Waals surface area contributed by atoms with Crippen LogP contribution in [0.25, 0.3) is 0 Å². The average molecular weight is 340 g/mol. The van der Waals surface area contributed by atoms with Crippen LogP contribution in [0.3, 0.4) is 0 Å². The molecule has 0 aliphatic carbocycles. The van der Waals surface area contributed by atoms with Gasteiger partial charge in [0.15, 0.2) is 0 Å². The lowest BCUT2D eigenvalue weighted by molar-refractivity contribution is -0.125. The molecule has 0 aromatic heterocycles. The molecule has 1 aliphatic rings. The molecule has 0 radical (unpaired) electrons. The number of carbonyl (C=O) groups is 3. The first-order valence-electron chi connectivity index (χ1n) is 6.16. The summed E-state index contributed by atoms with van der Waals surface area (Å²) in [5, 5.41) is 5.12. The Morgan fingerprint density at radius 3 is 2.75 bits per heavy atom. The standard InChI is InChI=1S/C13H14BrN3O3/c14-10-4-2-1-3-9(10)7-11(18)15-5-6-17-12(19)8-16-13(17)20/h1-4H,5-8H2,(H,15,18)(H,16,20). The molecule has 1 aromatic carbocycles. The van der Waals surface area contributed by atoms with Crippen LogP contribution in [0.15, 0.2) is 28.7 Å². The lowest BCUT2D eigenvalue weighted by Gasteiger charge is -2.12. The fourth-order valence-corrected chi connectivity index (χ4v) is 2.29. The molecule has 0 atom stereocenters. The monoisotopic (exact) mass is 339 g/mol. The van der Waals surface area contributed by atoms with Crippen LogP contribution in [0.1, 0.15) is 5.56 Å². The summed E-state index contributed by atoms with van der Waals surface area (Å²) in [5.74, 6) is -0.418. The Hall–Kier alpha value is -1.89. The van der Waals surface area contributed by atoms with E-state index in [0.717, 1.165) is 14.9 Å². The summed E-state index contributed by atoms with van der Waals surface area (Å²) in [5.41, 5.74) is 0.889. The van der Waals surface area contributed by atoms with Crippen molar-refractivity contribution in [2.24, 2.45) is 0 Å². The molecule has 1 aromatic rings. The Labute approximate surface area is 124 Å². The van der Waals surface area contributed by atoms with E-state index < -0.39 is 6.03 Å². The molecule has 1 fully saturated rings. The molecule has 106 valence electrons. The number of nitrogens with zero attached hydrogens (tertiary/aromatic N) is 1. The number of benzene rings is 1. The second-order valence-electron chi connectivity index (χ2n) is 4.32. The Bertz CT molecular complexity index is 531. The van der Waals surface area contributed by atoms with Crippen molar-refractivity contribution in [1.29, 1.82) is 0 Å². The van der Waals surface area contributed by atoms with Gasteiger partial charge in [-0.3, -0.25) is 14.5 Å². The van der Waals surface area contributed by atoms with Crippen molar-refractivity contribution in [3.05, 3.63) is 34.3 Å². The smallest absolute Gasteiger partial charge is 0.324 e. The Kier molecular flexibility index (Phi) is 4.73. The summed E-state index contributed by atoms with van der Waals surface area (Å²) >= 11 is 3.38. The van der Waals surface area contributed by atoms with Crippen LogP contribution in [0, 0.1) is 0 Å². The molecule has 0 bridgehead atoms. The molecule has 2 N–H and O–H groups in total. The average Bonchev–Trinajstić information content (AvgIpc) is 2.73. The first-order valence-corrected chi connectivity index (χ1v) is 6.95. The van der Waals surface area contributed by atoms with Crippen molar-refractivity contribution in [1.82, 2.24) is 15.5 Å². The molecule has 4 amide bonds. The number of imide groups is 1. The van der Waals surface area contributed by atoms with Gasteiger partial charge in [0.05, 0.1) is 13.0 Å². The van der Waals surface area contributed by atoms with Gasteiger partial charge in [0, 0.05) is 17.6 Å². The number of rotatable bonds is 5. The Morgan fingerprint density at radius 2 is 2.10 bits per heavy atom. The minimum atomic E-state index is -0.407. The van der Waals surface area contributed by atoms with Crippen LogP contribution in [-0.4, -0.2) is 42.4 Å². The fraction of sp³-hybridized carbons (Fsp3) is 0.308. The van der Waals surface area contributed by atoms with E-state index in [9.17, 15) is 14.4 Å². The van der Waals surface area contributed by atoms with E-state index in [0.29, 0.717) is 0 Å². The van der Waals surface area contributed by atoms with Gasteiger partial charge in [-0.15, -0.1) is 0 Å². The molecule has 6 nitrogen and oxygen atoms in total. The van der Waals surface area contributed by atoms with Crippen molar-refractivity contribution in [2.45, 2.75) is 6.42 Å². The first-order chi connectivity index (χ1) is 9.58. The van der Waals surface area contributed by atoms with Crippen molar-refractivity contribution in [3.8, 4) is 0 Å². The van der Waals surface area contributed by atoms with Crippen LogP contribution in [0.5, 0.6) is 0 Å². The van der Waals surface area contributed by atoms with E-state index in [2.05, 4.69) is 26.6 Å². The minimum Gasteiger partial charge on any atom is -0.354 e. The molecule has 0 unspecified atom stereocenters. The molecule has 20 heavy (non-hydrogen) atoms. The molecule has 2 rings (SSSR count). The summed E-state index contributed by atoms with van der Waals surface area (Å²) < 4.78 is 0.879. The van der Waals surface area contributed by atoms with Crippen LogP contribution in [-0.2, 0) is 16.0 Å². The van der Waals surface area contributed by atoms with E-state index in [1.807, 2.05) is 24.3 Å². The summed E-state index contributed by atoms with van der Waals surface area (Å²) in [6.45, 7) is 0.471. The second kappa shape index (κ2) is 6.51. The van der Waals surface area contributed by atoms with Crippen molar-refractivity contribution < 1.29 is 14.4 Å². The maximum Gasteiger partial charge on any atom is 0.324 e. The molecular formula is C13H14BrN3O3. The molecule has 1 saturated heterocycles. The zero-order valence-electron chi connectivity index (χ0n) is 10.7. The highest BCUT2D eigenvalue weighted by Crippen LogP contribution is 2.16. The SMILES string of the molecule is O=C(Cc1ccccc1Br)NCCN1C(=O)CNC1=O. The van der Waals surface area contributed by atoms with Gasteiger partial charge in [0.25, 0.3) is 0 Å². The topological polar surface area (TPSA) is 78.5 Å². The lowest BCUT2D eigenvalue weighted by atomic mass is 10.1. The predicted molar refractivity (Wildman–Crippen MR) is 76.0 cm³/mol. The maximum atomic E-state index is 11.8. The van der Waals surface area contributed by atoms with Crippen LogP contribution in [0.4, 0.5) is 4.79 Å². The van der Waals surface area contributed by atoms with E-state index in [4.69, 9.17) is 0 Å². The van der Waals surface area contributed by atoms with E-state index in [1.165, 1.54) is 0 Å². The molecule has 7 heteroatoms. The third-order valence-electron chi connectivity index (χ3n) is 2.90. The summed E-state index contributed by atoms with van der Waals surface area (Å²) in [7, 11) is 0. The second-order valence-corrected chi connectivity index (χ2v) is 5.18. The van der Waals surface area contributed by atoms with Crippen molar-refractivity contribution in [3.63, 3.8) is 0 Å². The number of amides is 4. The highest BCUT2D eigenvalue weighted by atomic mass is 79.9. The minimum absolute atomic E-state index is 0.0315. The number of urea groups is 1. The van der Waals surface area contributed by atoms with Crippen LogP contribution in [0.2, 0.25) is 0 Å².